The highest BCUT2D eigenvalue weighted by Gasteiger charge is 2.50. The Morgan fingerprint density at radius 3 is 2.61 bits per heavy atom. The number of aryl methyl sites for hydroxylation is 1. The smallest absolute Gasteiger partial charge is 0.244 e. The zero-order valence-electron chi connectivity index (χ0n) is 16.8. The Kier molecular flexibility index (Phi) is 5.03. The van der Waals surface area contributed by atoms with Crippen LogP contribution in [0.5, 0.6) is 0 Å². The van der Waals surface area contributed by atoms with Crippen LogP contribution in [-0.2, 0) is 0 Å². The average molecular weight is 448 g/mol. The van der Waals surface area contributed by atoms with E-state index >= 15 is 0 Å². The molecule has 0 unspecified atom stereocenters. The second-order valence-electron chi connectivity index (χ2n) is 8.29. The minimum absolute atomic E-state index is 0.00997. The number of fused-ring (bicyclic) bond motifs is 1. The Bertz CT molecular complexity index is 1090. The van der Waals surface area contributed by atoms with Gasteiger partial charge in [0, 0.05) is 6.04 Å². The number of nitrogens with one attached hydrogen (secondary N) is 2. The highest BCUT2D eigenvalue weighted by atomic mass is 32.1. The molecule has 10 heteroatoms. The van der Waals surface area contributed by atoms with Crippen molar-refractivity contribution < 1.29 is 19.0 Å². The largest absolute Gasteiger partial charge is 0.388 e. The van der Waals surface area contributed by atoms with Gasteiger partial charge in [0.25, 0.3) is 0 Å². The topological polar surface area (TPSA) is 103 Å². The third-order valence-electron chi connectivity index (χ3n) is 5.92. The van der Waals surface area contributed by atoms with Crippen LogP contribution in [0.3, 0.4) is 0 Å². The monoisotopic (exact) mass is 447 g/mol. The van der Waals surface area contributed by atoms with Crippen molar-refractivity contribution in [1.82, 2.24) is 15.0 Å². The molecule has 164 valence electrons. The SMILES string of the molecule is Cc1nc(NC2CC2)nc(N[C@@]2(O)CC[C@H](C(F)F)[C@H]2O)c1-c1nc2ccccc2s1. The molecule has 0 spiro atoms. The first-order valence-electron chi connectivity index (χ1n) is 10.3. The molecule has 7 nitrogen and oxygen atoms in total. The summed E-state index contributed by atoms with van der Waals surface area (Å²) < 4.78 is 27.5. The molecule has 4 N–H and O–H groups in total. The van der Waals surface area contributed by atoms with Gasteiger partial charge >= 0.3 is 0 Å². The van der Waals surface area contributed by atoms with E-state index in [0.717, 1.165) is 23.1 Å². The maximum absolute atomic E-state index is 13.3. The third kappa shape index (κ3) is 3.83. The van der Waals surface area contributed by atoms with Gasteiger partial charge in [0.05, 0.1) is 27.4 Å². The molecule has 2 heterocycles. The van der Waals surface area contributed by atoms with Gasteiger partial charge in [-0.3, -0.25) is 0 Å². The molecule has 3 aromatic rings. The number of nitrogens with zero attached hydrogens (tertiary/aromatic N) is 3. The summed E-state index contributed by atoms with van der Waals surface area (Å²) in [6.07, 6.45) is -2.28. The lowest BCUT2D eigenvalue weighted by atomic mass is 10.0. The second kappa shape index (κ2) is 7.61. The van der Waals surface area contributed by atoms with E-state index in [2.05, 4.69) is 25.6 Å². The first kappa shape index (κ1) is 20.5. The first-order valence-corrected chi connectivity index (χ1v) is 11.1. The summed E-state index contributed by atoms with van der Waals surface area (Å²) in [5.41, 5.74) is 0.139. The number of aliphatic hydroxyl groups is 2. The molecule has 1 aromatic carbocycles. The summed E-state index contributed by atoms with van der Waals surface area (Å²) >= 11 is 1.46. The predicted octanol–water partition coefficient (Wildman–Crippen LogP) is 3.77. The van der Waals surface area contributed by atoms with Crippen LogP contribution in [0.2, 0.25) is 0 Å². The van der Waals surface area contributed by atoms with E-state index in [-0.39, 0.29) is 18.7 Å². The maximum Gasteiger partial charge on any atom is 0.244 e. The third-order valence-corrected chi connectivity index (χ3v) is 6.97. The van der Waals surface area contributed by atoms with E-state index in [9.17, 15) is 19.0 Å². The van der Waals surface area contributed by atoms with Gasteiger partial charge in [-0.25, -0.2) is 18.7 Å². The number of halogens is 2. The van der Waals surface area contributed by atoms with Gasteiger partial charge in [0.1, 0.15) is 16.9 Å². The maximum atomic E-state index is 13.3. The highest BCUT2D eigenvalue weighted by Crippen LogP contribution is 2.42. The van der Waals surface area contributed by atoms with Crippen LogP contribution in [0.25, 0.3) is 20.8 Å². The molecule has 0 saturated heterocycles. The molecule has 0 aliphatic heterocycles. The lowest BCUT2D eigenvalue weighted by Gasteiger charge is -2.31. The number of aromatic nitrogens is 3. The molecule has 0 amide bonds. The summed E-state index contributed by atoms with van der Waals surface area (Å²) in [5, 5.41) is 28.2. The van der Waals surface area contributed by atoms with Gasteiger partial charge < -0.3 is 20.8 Å². The zero-order valence-corrected chi connectivity index (χ0v) is 17.7. The van der Waals surface area contributed by atoms with Gasteiger partial charge in [0.15, 0.2) is 5.72 Å². The van der Waals surface area contributed by atoms with E-state index < -0.39 is 24.2 Å². The van der Waals surface area contributed by atoms with Crippen molar-refractivity contribution >= 4 is 33.3 Å². The molecule has 2 fully saturated rings. The van der Waals surface area contributed by atoms with E-state index in [1.165, 1.54) is 11.3 Å². The summed E-state index contributed by atoms with van der Waals surface area (Å²) in [4.78, 5) is 13.8. The van der Waals surface area contributed by atoms with E-state index in [1.54, 1.807) is 0 Å². The Morgan fingerprint density at radius 1 is 1.16 bits per heavy atom. The highest BCUT2D eigenvalue weighted by molar-refractivity contribution is 7.21. The minimum atomic E-state index is -2.71. The molecule has 2 aromatic heterocycles. The molecule has 3 atom stereocenters. The number of thiazole rings is 1. The number of rotatable bonds is 6. The Labute approximate surface area is 181 Å². The number of hydrogen-bond donors (Lipinski definition) is 4. The Balaban J connectivity index is 1.57. The van der Waals surface area contributed by atoms with E-state index in [4.69, 9.17) is 0 Å². The van der Waals surface area contributed by atoms with Crippen LogP contribution in [0, 0.1) is 12.8 Å². The lowest BCUT2D eigenvalue weighted by molar-refractivity contribution is -0.0763. The fourth-order valence-corrected chi connectivity index (χ4v) is 5.09. The molecular formula is C21H23F2N5O2S. The van der Waals surface area contributed by atoms with E-state index in [0.29, 0.717) is 28.3 Å². The number of aliphatic hydroxyl groups excluding tert-OH is 1. The Morgan fingerprint density at radius 2 is 1.94 bits per heavy atom. The van der Waals surface area contributed by atoms with Gasteiger partial charge in [-0.05, 0) is 44.7 Å². The first-order chi connectivity index (χ1) is 14.8. The number of para-hydroxylation sites is 1. The molecular weight excluding hydrogens is 424 g/mol. The predicted molar refractivity (Wildman–Crippen MR) is 115 cm³/mol. The molecule has 0 radical (unpaired) electrons. The van der Waals surface area contributed by atoms with Crippen molar-refractivity contribution in [3.8, 4) is 10.6 Å². The number of anilines is 2. The van der Waals surface area contributed by atoms with E-state index in [1.807, 2.05) is 31.2 Å². The summed E-state index contributed by atoms with van der Waals surface area (Å²) in [5.74, 6) is -0.629. The van der Waals surface area contributed by atoms with Crippen molar-refractivity contribution in [1.29, 1.82) is 0 Å². The summed E-state index contributed by atoms with van der Waals surface area (Å²) in [7, 11) is 0. The van der Waals surface area contributed by atoms with Crippen LogP contribution < -0.4 is 10.6 Å². The standard InChI is InChI=1S/C21H23F2N5O2S/c1-10-15(19-26-13-4-2-3-5-14(13)31-19)18(27-20(24-10)25-11-6-7-11)28-21(30)9-8-12(16(21)29)17(22)23/h2-5,11-12,16-17,29-30H,6-9H2,1H3,(H2,24,25,27,28)/t12-,16+,21+/m0/s1. The Hall–Kier alpha value is -2.43. The quantitative estimate of drug-likeness (QED) is 0.427. The number of alkyl halides is 2. The molecule has 5 rings (SSSR count). The van der Waals surface area contributed by atoms with Crippen LogP contribution >= 0.6 is 11.3 Å². The molecule has 0 bridgehead atoms. The molecule has 31 heavy (non-hydrogen) atoms. The van der Waals surface area contributed by atoms with Crippen LogP contribution in [0.1, 0.15) is 31.4 Å². The van der Waals surface area contributed by atoms with Gasteiger partial charge in [-0.15, -0.1) is 11.3 Å². The summed E-state index contributed by atoms with van der Waals surface area (Å²) in [6.45, 7) is 1.82. The minimum Gasteiger partial charge on any atom is -0.388 e. The van der Waals surface area contributed by atoms with Crippen LogP contribution in [0.4, 0.5) is 20.5 Å². The van der Waals surface area contributed by atoms with Crippen LogP contribution in [-0.4, -0.2) is 49.5 Å². The normalized spacial score (nSPS) is 26.0. The van der Waals surface area contributed by atoms with Crippen molar-refractivity contribution in [2.24, 2.45) is 5.92 Å². The van der Waals surface area contributed by atoms with Gasteiger partial charge in [-0.2, -0.15) is 4.98 Å². The van der Waals surface area contributed by atoms with Gasteiger partial charge in [0.2, 0.25) is 12.4 Å². The number of benzene rings is 1. The second-order valence-corrected chi connectivity index (χ2v) is 9.32. The molecule has 2 aliphatic carbocycles. The van der Waals surface area contributed by atoms with Crippen molar-refractivity contribution in [2.75, 3.05) is 10.6 Å². The van der Waals surface area contributed by atoms with Crippen molar-refractivity contribution in [3.63, 3.8) is 0 Å². The van der Waals surface area contributed by atoms with Crippen molar-refractivity contribution in [2.45, 2.75) is 56.9 Å². The van der Waals surface area contributed by atoms with Gasteiger partial charge in [-0.1, -0.05) is 12.1 Å². The lowest BCUT2D eigenvalue weighted by Crippen LogP contribution is -2.48. The fraction of sp³-hybridized carbons (Fsp3) is 0.476. The molecule has 2 saturated carbocycles. The summed E-state index contributed by atoms with van der Waals surface area (Å²) in [6, 6.07) is 8.01. The fourth-order valence-electron chi connectivity index (χ4n) is 4.03. The number of hydrogen-bond acceptors (Lipinski definition) is 8. The average Bonchev–Trinajstić information content (AvgIpc) is 3.34. The van der Waals surface area contributed by atoms with Crippen LogP contribution in [0.15, 0.2) is 24.3 Å². The molecule has 2 aliphatic rings. The zero-order chi connectivity index (χ0) is 21.8. The van der Waals surface area contributed by atoms with Crippen molar-refractivity contribution in [3.05, 3.63) is 30.0 Å².